The first-order valence-electron chi connectivity index (χ1n) is 5.03. The van der Waals surface area contributed by atoms with Crippen LogP contribution in [0.3, 0.4) is 0 Å². The largest absolute Gasteiger partial charge is 0.357 e. The third-order valence-electron chi connectivity index (χ3n) is 2.88. The van der Waals surface area contributed by atoms with E-state index in [1.54, 1.807) is 24.1 Å². The van der Waals surface area contributed by atoms with Gasteiger partial charge in [-0.1, -0.05) is 0 Å². The lowest BCUT2D eigenvalue weighted by Crippen LogP contribution is -2.41. The van der Waals surface area contributed by atoms with Crippen molar-refractivity contribution in [3.8, 4) is 6.07 Å². The van der Waals surface area contributed by atoms with Crippen molar-refractivity contribution >= 4 is 27.3 Å². The van der Waals surface area contributed by atoms with E-state index >= 15 is 0 Å². The zero-order valence-electron chi connectivity index (χ0n) is 9.54. The summed E-state index contributed by atoms with van der Waals surface area (Å²) in [5.41, 5.74) is 0.612. The molecule has 2 rings (SSSR count). The third-order valence-corrected chi connectivity index (χ3v) is 5.35. The van der Waals surface area contributed by atoms with Gasteiger partial charge in [0.1, 0.15) is 6.04 Å². The van der Waals surface area contributed by atoms with Crippen LogP contribution in [-0.4, -0.2) is 33.5 Å². The van der Waals surface area contributed by atoms with E-state index in [0.29, 0.717) is 10.6 Å². The van der Waals surface area contributed by atoms with Crippen LogP contribution in [0.4, 0.5) is 5.69 Å². The molecule has 1 heterocycles. The van der Waals surface area contributed by atoms with Crippen molar-refractivity contribution in [1.29, 1.82) is 5.26 Å². The average Bonchev–Trinajstić information content (AvgIpc) is 2.33. The Morgan fingerprint density at radius 2 is 2.24 bits per heavy atom. The zero-order chi connectivity index (χ0) is 12.6. The van der Waals surface area contributed by atoms with Gasteiger partial charge in [0.2, 0.25) is 0 Å². The molecule has 0 amide bonds. The fraction of sp³-hybridized carbons (Fsp3) is 0.364. The van der Waals surface area contributed by atoms with Crippen molar-refractivity contribution in [3.05, 3.63) is 18.2 Å². The first kappa shape index (κ1) is 12.3. The van der Waals surface area contributed by atoms with Crippen molar-refractivity contribution in [2.45, 2.75) is 15.8 Å². The average molecular weight is 268 g/mol. The zero-order valence-corrected chi connectivity index (χ0v) is 11.2. The van der Waals surface area contributed by atoms with Crippen molar-refractivity contribution < 1.29 is 8.42 Å². The van der Waals surface area contributed by atoms with E-state index in [-0.39, 0.29) is 5.75 Å². The normalized spacial score (nSPS) is 21.7. The Balaban J connectivity index is 2.65. The molecule has 1 aromatic carbocycles. The number of rotatable bonds is 1. The van der Waals surface area contributed by atoms with Crippen molar-refractivity contribution in [2.24, 2.45) is 0 Å². The van der Waals surface area contributed by atoms with Gasteiger partial charge in [-0.25, -0.2) is 8.42 Å². The summed E-state index contributed by atoms with van der Waals surface area (Å²) in [7, 11) is -1.60. The second-order valence-corrected chi connectivity index (χ2v) is 6.75. The number of anilines is 1. The number of hydrogen-bond donors (Lipinski definition) is 0. The molecule has 1 aliphatic heterocycles. The lowest BCUT2D eigenvalue weighted by atomic mass is 10.2. The summed E-state index contributed by atoms with van der Waals surface area (Å²) < 4.78 is 24.1. The van der Waals surface area contributed by atoms with Gasteiger partial charge in [0, 0.05) is 11.9 Å². The highest BCUT2D eigenvalue weighted by Gasteiger charge is 2.33. The minimum atomic E-state index is -3.35. The van der Waals surface area contributed by atoms with E-state index < -0.39 is 15.9 Å². The Hall–Kier alpha value is -1.19. The van der Waals surface area contributed by atoms with E-state index in [9.17, 15) is 8.42 Å². The SMILES string of the molecule is CSc1ccc2c(c1)S(=O)(=O)CC(C#N)N2C. The Kier molecular flexibility index (Phi) is 3.06. The Morgan fingerprint density at radius 3 is 2.82 bits per heavy atom. The summed E-state index contributed by atoms with van der Waals surface area (Å²) >= 11 is 1.50. The lowest BCUT2D eigenvalue weighted by molar-refractivity contribution is 0.585. The summed E-state index contributed by atoms with van der Waals surface area (Å²) in [6.07, 6.45) is 1.90. The van der Waals surface area contributed by atoms with Gasteiger partial charge in [-0.2, -0.15) is 5.26 Å². The maximum atomic E-state index is 12.1. The highest BCUT2D eigenvalue weighted by Crippen LogP contribution is 2.34. The molecule has 1 unspecified atom stereocenters. The topological polar surface area (TPSA) is 61.2 Å². The molecule has 0 saturated carbocycles. The second kappa shape index (κ2) is 4.24. The second-order valence-electron chi connectivity index (χ2n) is 3.87. The number of fused-ring (bicyclic) bond motifs is 1. The molecule has 0 saturated heterocycles. The highest BCUT2D eigenvalue weighted by molar-refractivity contribution is 7.98. The fourth-order valence-corrected chi connectivity index (χ4v) is 4.11. The van der Waals surface area contributed by atoms with Gasteiger partial charge in [0.25, 0.3) is 0 Å². The van der Waals surface area contributed by atoms with Crippen LogP contribution in [0.1, 0.15) is 0 Å². The molecule has 0 bridgehead atoms. The van der Waals surface area contributed by atoms with Crippen LogP contribution in [0.2, 0.25) is 0 Å². The molecule has 6 heteroatoms. The first-order valence-corrected chi connectivity index (χ1v) is 7.90. The van der Waals surface area contributed by atoms with Crippen LogP contribution in [-0.2, 0) is 9.84 Å². The number of sulfone groups is 1. The molecule has 17 heavy (non-hydrogen) atoms. The van der Waals surface area contributed by atoms with E-state index in [1.807, 2.05) is 18.4 Å². The maximum Gasteiger partial charge on any atom is 0.183 e. The predicted molar refractivity (Wildman–Crippen MR) is 68.1 cm³/mol. The van der Waals surface area contributed by atoms with Gasteiger partial charge < -0.3 is 4.90 Å². The Labute approximate surface area is 105 Å². The number of thioether (sulfide) groups is 1. The van der Waals surface area contributed by atoms with E-state index in [2.05, 4.69) is 0 Å². The summed E-state index contributed by atoms with van der Waals surface area (Å²) in [6.45, 7) is 0. The van der Waals surface area contributed by atoms with Gasteiger partial charge in [0.15, 0.2) is 9.84 Å². The molecule has 0 radical (unpaired) electrons. The van der Waals surface area contributed by atoms with E-state index in [0.717, 1.165) is 4.90 Å². The van der Waals surface area contributed by atoms with Crippen LogP contribution in [0.5, 0.6) is 0 Å². The van der Waals surface area contributed by atoms with Gasteiger partial charge in [-0.05, 0) is 24.5 Å². The monoisotopic (exact) mass is 268 g/mol. The summed E-state index contributed by atoms with van der Waals surface area (Å²) in [5.74, 6) is -0.134. The number of benzene rings is 1. The fourth-order valence-electron chi connectivity index (χ4n) is 1.86. The van der Waals surface area contributed by atoms with Crippen LogP contribution in [0.25, 0.3) is 0 Å². The van der Waals surface area contributed by atoms with Crippen molar-refractivity contribution in [2.75, 3.05) is 24.0 Å². The third kappa shape index (κ3) is 2.01. The van der Waals surface area contributed by atoms with Gasteiger partial charge in [0.05, 0.1) is 22.4 Å². The molecular formula is C11H12N2O2S2. The maximum absolute atomic E-state index is 12.1. The summed E-state index contributed by atoms with van der Waals surface area (Å²) in [6, 6.07) is 6.73. The van der Waals surface area contributed by atoms with Crippen LogP contribution < -0.4 is 4.90 Å². The molecule has 90 valence electrons. The molecule has 4 nitrogen and oxygen atoms in total. The van der Waals surface area contributed by atoms with Gasteiger partial charge >= 0.3 is 0 Å². The number of hydrogen-bond acceptors (Lipinski definition) is 5. The van der Waals surface area contributed by atoms with Gasteiger partial charge in [-0.3, -0.25) is 0 Å². The highest BCUT2D eigenvalue weighted by atomic mass is 32.2. The Morgan fingerprint density at radius 1 is 1.53 bits per heavy atom. The number of nitrogens with zero attached hydrogens (tertiary/aromatic N) is 2. The number of nitriles is 1. The molecule has 1 aliphatic rings. The standard InChI is InChI=1S/C11H12N2O2S2/c1-13-8(6-12)7-17(14,15)11-5-9(16-2)3-4-10(11)13/h3-5,8H,7H2,1-2H3. The summed E-state index contributed by atoms with van der Waals surface area (Å²) in [4.78, 5) is 2.97. The first-order chi connectivity index (χ1) is 7.99. The smallest absolute Gasteiger partial charge is 0.183 e. The molecule has 0 aromatic heterocycles. The quantitative estimate of drug-likeness (QED) is 0.723. The van der Waals surface area contributed by atoms with Crippen LogP contribution >= 0.6 is 11.8 Å². The molecule has 1 aromatic rings. The predicted octanol–water partition coefficient (Wildman–Crippen LogP) is 1.52. The minimum Gasteiger partial charge on any atom is -0.357 e. The molecule has 0 spiro atoms. The molecule has 0 fully saturated rings. The molecule has 0 aliphatic carbocycles. The van der Waals surface area contributed by atoms with Crippen molar-refractivity contribution in [1.82, 2.24) is 0 Å². The van der Waals surface area contributed by atoms with E-state index in [4.69, 9.17) is 5.26 Å². The molecule has 1 atom stereocenters. The van der Waals surface area contributed by atoms with Crippen molar-refractivity contribution in [3.63, 3.8) is 0 Å². The van der Waals surface area contributed by atoms with Crippen LogP contribution in [0.15, 0.2) is 28.0 Å². The summed E-state index contributed by atoms with van der Waals surface area (Å²) in [5, 5.41) is 8.96. The molecular weight excluding hydrogens is 256 g/mol. The van der Waals surface area contributed by atoms with E-state index in [1.165, 1.54) is 11.8 Å². The lowest BCUT2D eigenvalue weighted by Gasteiger charge is -2.31. The van der Waals surface area contributed by atoms with Crippen LogP contribution in [0, 0.1) is 11.3 Å². The molecule has 0 N–H and O–H groups in total. The van der Waals surface area contributed by atoms with Gasteiger partial charge in [-0.15, -0.1) is 11.8 Å². The minimum absolute atomic E-state index is 0.134. The Bertz CT molecular complexity index is 590.